The van der Waals surface area contributed by atoms with Crippen molar-refractivity contribution in [2.45, 2.75) is 51.4 Å². The fourth-order valence-corrected chi connectivity index (χ4v) is 5.22. The number of nitriles is 1. The molecule has 0 unspecified atom stereocenters. The number of hydrogen-bond donors (Lipinski definition) is 0. The molecular formula is C29H29FN2O3. The molecule has 1 aliphatic carbocycles. The molecule has 2 aromatic carbocycles. The molecule has 35 heavy (non-hydrogen) atoms. The predicted molar refractivity (Wildman–Crippen MR) is 131 cm³/mol. The number of rotatable bonds is 5. The van der Waals surface area contributed by atoms with Crippen LogP contribution in [0.5, 0.6) is 11.6 Å². The van der Waals surface area contributed by atoms with Crippen molar-refractivity contribution in [3.05, 3.63) is 88.9 Å². The average molecular weight is 473 g/mol. The number of ether oxygens (including phenoxy) is 2. The number of carbonyl (C=O) groups excluding carboxylic acids is 1. The first kappa shape index (κ1) is 24.4. The Labute approximate surface area is 205 Å². The third-order valence-corrected chi connectivity index (χ3v) is 7.10. The largest absolute Gasteiger partial charge is 0.468 e. The van der Waals surface area contributed by atoms with Crippen molar-refractivity contribution < 1.29 is 18.7 Å². The molecule has 0 radical (unpaired) electrons. The van der Waals surface area contributed by atoms with Crippen molar-refractivity contribution in [2.75, 3.05) is 7.11 Å². The molecule has 0 bridgehead atoms. The van der Waals surface area contributed by atoms with Crippen LogP contribution in [-0.2, 0) is 20.4 Å². The summed E-state index contributed by atoms with van der Waals surface area (Å²) in [6.45, 7) is 10.3. The fourth-order valence-electron chi connectivity index (χ4n) is 5.22. The second kappa shape index (κ2) is 8.49. The second-order valence-electron chi connectivity index (χ2n) is 10.5. The van der Waals surface area contributed by atoms with Crippen LogP contribution in [0, 0.1) is 22.6 Å². The number of esters is 1. The summed E-state index contributed by atoms with van der Waals surface area (Å²) in [5, 5.41) is 9.87. The Hall–Kier alpha value is -3.72. The van der Waals surface area contributed by atoms with E-state index in [1.165, 1.54) is 12.7 Å². The van der Waals surface area contributed by atoms with E-state index in [-0.39, 0.29) is 28.5 Å². The average Bonchev–Trinajstić information content (AvgIpc) is 3.36. The van der Waals surface area contributed by atoms with Gasteiger partial charge in [-0.1, -0.05) is 77.1 Å². The molecule has 5 nitrogen and oxygen atoms in total. The molecule has 1 aromatic heterocycles. The van der Waals surface area contributed by atoms with Crippen LogP contribution in [0.1, 0.15) is 62.9 Å². The molecule has 1 aliphatic rings. The molecule has 180 valence electrons. The number of methoxy groups -OCH3 is 1. The van der Waals surface area contributed by atoms with Crippen molar-refractivity contribution >= 4 is 5.97 Å². The lowest BCUT2D eigenvalue weighted by Gasteiger charge is -2.21. The highest BCUT2D eigenvalue weighted by molar-refractivity contribution is 5.92. The van der Waals surface area contributed by atoms with Crippen LogP contribution in [0.2, 0.25) is 0 Å². The Bertz CT molecular complexity index is 1300. The summed E-state index contributed by atoms with van der Waals surface area (Å²) < 4.78 is 25.9. The van der Waals surface area contributed by atoms with Crippen molar-refractivity contribution in [2.24, 2.45) is 5.41 Å². The van der Waals surface area contributed by atoms with E-state index in [0.29, 0.717) is 5.75 Å². The van der Waals surface area contributed by atoms with E-state index in [1.54, 1.807) is 24.3 Å². The third-order valence-electron chi connectivity index (χ3n) is 7.10. The maximum absolute atomic E-state index is 14.9. The van der Waals surface area contributed by atoms with Gasteiger partial charge in [-0.2, -0.15) is 5.26 Å². The van der Waals surface area contributed by atoms with Gasteiger partial charge in [0.2, 0.25) is 0 Å². The summed E-state index contributed by atoms with van der Waals surface area (Å²) in [5.74, 6) is -1.53. The molecule has 3 aromatic rings. The summed E-state index contributed by atoms with van der Waals surface area (Å²) in [5.41, 5.74) is 0.285. The minimum Gasteiger partial charge on any atom is -0.468 e. The SMILES string of the molecule is COC(=O)[C@]1(c2nc(Oc3ccccc3)c(F)cc2C#N)[C@@H](c2ccc(C(C)(C)C)cc2)C1(C)C. The molecule has 1 heterocycles. The van der Waals surface area contributed by atoms with Gasteiger partial charge in [-0.25, -0.2) is 9.37 Å². The molecule has 0 N–H and O–H groups in total. The zero-order chi connectivity index (χ0) is 25.6. The van der Waals surface area contributed by atoms with Gasteiger partial charge in [0.25, 0.3) is 5.88 Å². The van der Waals surface area contributed by atoms with Crippen LogP contribution >= 0.6 is 0 Å². The minimum atomic E-state index is -1.28. The summed E-state index contributed by atoms with van der Waals surface area (Å²) in [6, 6.07) is 19.9. The Morgan fingerprint density at radius 1 is 1.09 bits per heavy atom. The first-order valence-electron chi connectivity index (χ1n) is 11.5. The van der Waals surface area contributed by atoms with Crippen LogP contribution in [0.3, 0.4) is 0 Å². The molecule has 4 rings (SSSR count). The first-order valence-corrected chi connectivity index (χ1v) is 11.5. The standard InChI is InChI=1S/C29H29FN2O3/c1-27(2,3)20-14-12-18(13-15-20)23-28(4,5)29(23,26(33)34-6)24-19(17-31)16-22(30)25(32-24)35-21-10-8-7-9-11-21/h7-16,23H,1-6H3/t23-,29+/m0/s1. The monoisotopic (exact) mass is 472 g/mol. The van der Waals surface area contributed by atoms with E-state index in [0.717, 1.165) is 11.6 Å². The molecule has 0 spiro atoms. The van der Waals surface area contributed by atoms with E-state index in [4.69, 9.17) is 9.47 Å². The highest BCUT2D eigenvalue weighted by Crippen LogP contribution is 2.75. The number of para-hydroxylation sites is 1. The zero-order valence-corrected chi connectivity index (χ0v) is 20.8. The van der Waals surface area contributed by atoms with Crippen molar-refractivity contribution in [3.63, 3.8) is 0 Å². The number of carbonyl (C=O) groups is 1. The third kappa shape index (κ3) is 3.85. The van der Waals surface area contributed by atoms with Crippen LogP contribution in [0.4, 0.5) is 4.39 Å². The summed E-state index contributed by atoms with van der Waals surface area (Å²) in [6.07, 6.45) is 0. The Balaban J connectivity index is 1.88. The van der Waals surface area contributed by atoms with E-state index < -0.39 is 22.6 Å². The van der Waals surface area contributed by atoms with Gasteiger partial charge in [0, 0.05) is 5.92 Å². The summed E-state index contributed by atoms with van der Waals surface area (Å²) in [4.78, 5) is 17.9. The molecule has 6 heteroatoms. The van der Waals surface area contributed by atoms with Gasteiger partial charge < -0.3 is 9.47 Å². The van der Waals surface area contributed by atoms with Gasteiger partial charge in [-0.3, -0.25) is 4.79 Å². The number of benzene rings is 2. The van der Waals surface area contributed by atoms with Crippen LogP contribution < -0.4 is 4.74 Å². The van der Waals surface area contributed by atoms with Crippen molar-refractivity contribution in [1.29, 1.82) is 5.26 Å². The normalized spacial score (nSPS) is 20.6. The van der Waals surface area contributed by atoms with Crippen LogP contribution in [-0.4, -0.2) is 18.1 Å². The first-order chi connectivity index (χ1) is 16.5. The Morgan fingerprint density at radius 3 is 2.26 bits per heavy atom. The van der Waals surface area contributed by atoms with Gasteiger partial charge in [0.1, 0.15) is 17.2 Å². The highest BCUT2D eigenvalue weighted by atomic mass is 19.1. The van der Waals surface area contributed by atoms with Gasteiger partial charge >= 0.3 is 5.97 Å². The lowest BCUT2D eigenvalue weighted by molar-refractivity contribution is -0.145. The van der Waals surface area contributed by atoms with E-state index >= 15 is 0 Å². The topological polar surface area (TPSA) is 72.2 Å². The number of hydrogen-bond acceptors (Lipinski definition) is 5. The predicted octanol–water partition coefficient (Wildman–Crippen LogP) is 6.42. The second-order valence-corrected chi connectivity index (χ2v) is 10.5. The number of nitrogens with zero attached hydrogens (tertiary/aromatic N) is 2. The minimum absolute atomic E-state index is 0.0183. The van der Waals surface area contributed by atoms with Gasteiger partial charge in [-0.05, 0) is 40.2 Å². The van der Waals surface area contributed by atoms with Crippen LogP contribution in [0.15, 0.2) is 60.7 Å². The number of pyridine rings is 1. The van der Waals surface area contributed by atoms with E-state index in [1.807, 2.05) is 38.1 Å². The molecule has 1 saturated carbocycles. The molecular weight excluding hydrogens is 443 g/mol. The van der Waals surface area contributed by atoms with Crippen molar-refractivity contribution in [1.82, 2.24) is 4.98 Å². The lowest BCUT2D eigenvalue weighted by atomic mass is 9.85. The Morgan fingerprint density at radius 2 is 1.71 bits per heavy atom. The lowest BCUT2D eigenvalue weighted by Crippen LogP contribution is -2.30. The summed E-state index contributed by atoms with van der Waals surface area (Å²) >= 11 is 0. The molecule has 2 atom stereocenters. The molecule has 0 aliphatic heterocycles. The zero-order valence-electron chi connectivity index (χ0n) is 20.8. The Kier molecular flexibility index (Phi) is 5.92. The molecule has 1 fully saturated rings. The molecule has 0 amide bonds. The van der Waals surface area contributed by atoms with Crippen LogP contribution in [0.25, 0.3) is 0 Å². The maximum atomic E-state index is 14.9. The van der Waals surface area contributed by atoms with E-state index in [9.17, 15) is 14.4 Å². The quantitative estimate of drug-likeness (QED) is 0.401. The maximum Gasteiger partial charge on any atom is 0.319 e. The van der Waals surface area contributed by atoms with Gasteiger partial charge in [0.15, 0.2) is 5.82 Å². The number of aromatic nitrogens is 1. The van der Waals surface area contributed by atoms with Gasteiger partial charge in [0.05, 0.1) is 18.4 Å². The summed E-state index contributed by atoms with van der Waals surface area (Å²) in [7, 11) is 1.31. The van der Waals surface area contributed by atoms with Gasteiger partial charge in [-0.15, -0.1) is 0 Å². The molecule has 0 saturated heterocycles. The highest BCUT2D eigenvalue weighted by Gasteiger charge is 2.79. The fraction of sp³-hybridized carbons (Fsp3) is 0.345. The number of halogens is 1. The van der Waals surface area contributed by atoms with E-state index in [2.05, 4.69) is 37.9 Å². The smallest absolute Gasteiger partial charge is 0.319 e. The van der Waals surface area contributed by atoms with Crippen molar-refractivity contribution in [3.8, 4) is 17.7 Å².